The van der Waals surface area contributed by atoms with E-state index in [0.717, 1.165) is 24.2 Å². The molecule has 0 radical (unpaired) electrons. The molecule has 188 valence electrons. The molecular formula is C29H34N4O3. The average molecular weight is 487 g/mol. The molecule has 1 aliphatic heterocycles. The minimum Gasteiger partial charge on any atom is -0.338 e. The summed E-state index contributed by atoms with van der Waals surface area (Å²) in [6.45, 7) is 9.15. The summed E-state index contributed by atoms with van der Waals surface area (Å²) in [5.41, 5.74) is 4.33. The van der Waals surface area contributed by atoms with Crippen LogP contribution in [0.25, 0.3) is 0 Å². The fourth-order valence-corrected chi connectivity index (χ4v) is 5.12. The van der Waals surface area contributed by atoms with E-state index in [1.807, 2.05) is 49.2 Å². The molecule has 4 rings (SSSR count). The third-order valence-electron chi connectivity index (χ3n) is 6.96. The van der Waals surface area contributed by atoms with Crippen molar-refractivity contribution in [3.8, 4) is 0 Å². The van der Waals surface area contributed by atoms with E-state index in [0.29, 0.717) is 19.6 Å². The number of nitrogens with zero attached hydrogens (tertiary/aromatic N) is 4. The molecule has 1 aliphatic rings. The van der Waals surface area contributed by atoms with Gasteiger partial charge < -0.3 is 4.90 Å². The third kappa shape index (κ3) is 6.15. The number of rotatable bonds is 9. The van der Waals surface area contributed by atoms with Crippen LogP contribution in [-0.2, 0) is 17.9 Å². The summed E-state index contributed by atoms with van der Waals surface area (Å²) in [5, 5.41) is 11.6. The summed E-state index contributed by atoms with van der Waals surface area (Å²) in [5.74, 6) is 0.446. The maximum atomic E-state index is 13.2. The molecule has 0 N–H and O–H groups in total. The van der Waals surface area contributed by atoms with Crippen LogP contribution in [0.2, 0.25) is 0 Å². The molecule has 1 fully saturated rings. The van der Waals surface area contributed by atoms with Crippen LogP contribution in [0.5, 0.6) is 0 Å². The van der Waals surface area contributed by atoms with Crippen LogP contribution in [-0.4, -0.2) is 45.2 Å². The number of benzene rings is 2. The fourth-order valence-electron chi connectivity index (χ4n) is 5.12. The van der Waals surface area contributed by atoms with Crippen molar-refractivity contribution in [2.45, 2.75) is 39.8 Å². The lowest BCUT2D eigenvalue weighted by molar-refractivity contribution is -0.385. The van der Waals surface area contributed by atoms with E-state index in [1.54, 1.807) is 18.3 Å². The van der Waals surface area contributed by atoms with Crippen LogP contribution in [0.3, 0.4) is 0 Å². The molecule has 0 aliphatic carbocycles. The van der Waals surface area contributed by atoms with Gasteiger partial charge in [0.25, 0.3) is 5.69 Å². The Bertz CT molecular complexity index is 1180. The predicted octanol–water partition coefficient (Wildman–Crippen LogP) is 5.20. The van der Waals surface area contributed by atoms with Crippen LogP contribution in [0.4, 0.5) is 5.69 Å². The van der Waals surface area contributed by atoms with Gasteiger partial charge in [-0.1, -0.05) is 67.9 Å². The third-order valence-corrected chi connectivity index (χ3v) is 6.96. The van der Waals surface area contributed by atoms with E-state index < -0.39 is 0 Å². The molecule has 0 bridgehead atoms. The monoisotopic (exact) mass is 486 g/mol. The first-order valence-electron chi connectivity index (χ1n) is 12.5. The molecular weight excluding hydrogens is 452 g/mol. The molecule has 36 heavy (non-hydrogen) atoms. The van der Waals surface area contributed by atoms with E-state index in [-0.39, 0.29) is 34.3 Å². The molecule has 7 heteroatoms. The lowest BCUT2D eigenvalue weighted by Gasteiger charge is -2.30. The summed E-state index contributed by atoms with van der Waals surface area (Å²) in [7, 11) is 0. The maximum absolute atomic E-state index is 13.2. The highest BCUT2D eigenvalue weighted by molar-refractivity contribution is 5.78. The van der Waals surface area contributed by atoms with Crippen LogP contribution in [0.15, 0.2) is 73.1 Å². The number of amides is 1. The van der Waals surface area contributed by atoms with E-state index in [9.17, 15) is 14.9 Å². The van der Waals surface area contributed by atoms with Gasteiger partial charge in [-0.15, -0.1) is 0 Å². The lowest BCUT2D eigenvalue weighted by Crippen LogP contribution is -2.39. The average Bonchev–Trinajstić information content (AvgIpc) is 3.26. The highest BCUT2D eigenvalue weighted by atomic mass is 16.6. The Hall–Kier alpha value is -3.58. The van der Waals surface area contributed by atoms with Crippen LogP contribution in [0, 0.1) is 28.9 Å². The van der Waals surface area contributed by atoms with Crippen molar-refractivity contribution in [3.63, 3.8) is 0 Å². The Morgan fingerprint density at radius 2 is 1.86 bits per heavy atom. The second kappa shape index (κ2) is 11.4. The van der Waals surface area contributed by atoms with Gasteiger partial charge in [0.2, 0.25) is 5.91 Å². The van der Waals surface area contributed by atoms with Crippen molar-refractivity contribution in [2.24, 2.45) is 11.8 Å². The van der Waals surface area contributed by atoms with E-state index in [4.69, 9.17) is 0 Å². The Morgan fingerprint density at radius 3 is 2.53 bits per heavy atom. The number of carbonyl (C=O) groups is 1. The van der Waals surface area contributed by atoms with Gasteiger partial charge in [-0.25, -0.2) is 0 Å². The summed E-state index contributed by atoms with van der Waals surface area (Å²) >= 11 is 0. The van der Waals surface area contributed by atoms with Gasteiger partial charge >= 0.3 is 0 Å². The molecule has 2 heterocycles. The fraction of sp³-hybridized carbons (Fsp3) is 0.379. The smallest absolute Gasteiger partial charge is 0.273 e. The number of hydrogen-bond acceptors (Lipinski definition) is 5. The minimum absolute atomic E-state index is 0.107. The van der Waals surface area contributed by atoms with Gasteiger partial charge in [-0.2, -0.15) is 0 Å². The van der Waals surface area contributed by atoms with Gasteiger partial charge in [0.1, 0.15) is 0 Å². The minimum atomic E-state index is -0.308. The Labute approximate surface area is 212 Å². The Balaban J connectivity index is 1.60. The Morgan fingerprint density at radius 1 is 1.11 bits per heavy atom. The van der Waals surface area contributed by atoms with Crippen molar-refractivity contribution >= 4 is 11.6 Å². The molecule has 2 atom stereocenters. The van der Waals surface area contributed by atoms with Crippen molar-refractivity contribution in [1.82, 2.24) is 14.8 Å². The molecule has 2 aromatic carbocycles. The van der Waals surface area contributed by atoms with Crippen LogP contribution >= 0.6 is 0 Å². The number of aromatic nitrogens is 1. The summed E-state index contributed by atoms with van der Waals surface area (Å²) in [6, 6.07) is 19.5. The highest BCUT2D eigenvalue weighted by Gasteiger charge is 2.36. The maximum Gasteiger partial charge on any atom is 0.273 e. The number of hydrogen-bond donors (Lipinski definition) is 0. The standard InChI is InChI=1S/C29H34N4O3/c1-21(2)29(34)32(16-23-7-6-14-30-15-23)19-26-18-31(17-25-8-4-5-9-28(25)33(35)36)20-27(26)24-12-10-22(3)11-13-24/h4-15,21,26-27H,16-20H2,1-3H3/t26-,27+/m1/s1. The van der Waals surface area contributed by atoms with Crippen molar-refractivity contribution < 1.29 is 9.72 Å². The number of para-hydroxylation sites is 1. The molecule has 7 nitrogen and oxygen atoms in total. The van der Waals surface area contributed by atoms with Gasteiger partial charge in [0.05, 0.1) is 4.92 Å². The summed E-state index contributed by atoms with van der Waals surface area (Å²) in [4.78, 5) is 33.0. The zero-order valence-corrected chi connectivity index (χ0v) is 21.2. The van der Waals surface area contributed by atoms with Gasteiger partial charge in [-0.05, 0) is 30.0 Å². The molecule has 1 saturated heterocycles. The normalized spacial score (nSPS) is 17.9. The first-order valence-corrected chi connectivity index (χ1v) is 12.5. The van der Waals surface area contributed by atoms with E-state index >= 15 is 0 Å². The first-order chi connectivity index (χ1) is 17.3. The van der Waals surface area contributed by atoms with Crippen molar-refractivity contribution in [2.75, 3.05) is 19.6 Å². The van der Waals surface area contributed by atoms with E-state index in [2.05, 4.69) is 41.1 Å². The highest BCUT2D eigenvalue weighted by Crippen LogP contribution is 2.35. The van der Waals surface area contributed by atoms with Gasteiger partial charge in [0, 0.05) is 68.6 Å². The van der Waals surface area contributed by atoms with Gasteiger partial charge in [0.15, 0.2) is 0 Å². The van der Waals surface area contributed by atoms with Gasteiger partial charge in [-0.3, -0.25) is 24.8 Å². The van der Waals surface area contributed by atoms with Crippen LogP contribution < -0.4 is 0 Å². The largest absolute Gasteiger partial charge is 0.338 e. The molecule has 0 unspecified atom stereocenters. The molecule has 3 aromatic rings. The predicted molar refractivity (Wildman–Crippen MR) is 140 cm³/mol. The number of carbonyl (C=O) groups excluding carboxylic acids is 1. The Kier molecular flexibility index (Phi) is 8.10. The number of pyridine rings is 1. The molecule has 1 amide bonds. The SMILES string of the molecule is Cc1ccc([C@@H]2CN(Cc3ccccc3[N+](=O)[O-])C[C@@H]2CN(Cc2cccnc2)C(=O)C(C)C)cc1. The van der Waals surface area contributed by atoms with E-state index in [1.165, 1.54) is 11.1 Å². The number of nitro benzene ring substituents is 1. The second-order valence-electron chi connectivity index (χ2n) is 10.1. The number of nitro groups is 1. The number of likely N-dealkylation sites (tertiary alicyclic amines) is 1. The summed E-state index contributed by atoms with van der Waals surface area (Å²) in [6.07, 6.45) is 3.55. The zero-order chi connectivity index (χ0) is 25.7. The molecule has 1 aromatic heterocycles. The van der Waals surface area contributed by atoms with Crippen molar-refractivity contribution in [1.29, 1.82) is 0 Å². The topological polar surface area (TPSA) is 79.6 Å². The molecule has 0 spiro atoms. The quantitative estimate of drug-likeness (QED) is 0.307. The zero-order valence-electron chi connectivity index (χ0n) is 21.2. The first kappa shape index (κ1) is 25.5. The van der Waals surface area contributed by atoms with Crippen molar-refractivity contribution in [3.05, 3.63) is 105 Å². The van der Waals surface area contributed by atoms with Crippen LogP contribution in [0.1, 0.15) is 42.0 Å². The summed E-state index contributed by atoms with van der Waals surface area (Å²) < 4.78 is 0. The second-order valence-corrected chi connectivity index (χ2v) is 10.1. The number of aryl methyl sites for hydroxylation is 1. The lowest BCUT2D eigenvalue weighted by atomic mass is 9.88. The molecule has 0 saturated carbocycles.